The molecule has 1 rings (SSSR count). The Bertz CT molecular complexity index is 400. The second-order valence-corrected chi connectivity index (χ2v) is 4.72. The number of unbranched alkanes of at least 4 members (excludes halogenated alkanes) is 1. The zero-order valence-corrected chi connectivity index (χ0v) is 11.5. The summed E-state index contributed by atoms with van der Waals surface area (Å²) in [6.45, 7) is 4.62. The van der Waals surface area contributed by atoms with E-state index in [2.05, 4.69) is 19.2 Å². The predicted octanol–water partition coefficient (Wildman–Crippen LogP) is 3.91. The summed E-state index contributed by atoms with van der Waals surface area (Å²) in [7, 11) is 0. The van der Waals surface area contributed by atoms with Crippen LogP contribution in [0, 0.1) is 17.6 Å². The number of carbonyl (C=O) groups excluding carboxylic acids is 1. The van der Waals surface area contributed by atoms with Crippen molar-refractivity contribution in [2.24, 2.45) is 5.92 Å². The maximum atomic E-state index is 13.4. The fraction of sp³-hybridized carbons (Fsp3) is 0.533. The van der Waals surface area contributed by atoms with Crippen LogP contribution in [0.15, 0.2) is 18.2 Å². The number of halogens is 2. The Balaban J connectivity index is 2.59. The highest BCUT2D eigenvalue weighted by atomic mass is 19.1. The van der Waals surface area contributed by atoms with Crippen molar-refractivity contribution < 1.29 is 13.6 Å². The third kappa shape index (κ3) is 4.62. The number of hydrogen-bond acceptors (Lipinski definition) is 1. The van der Waals surface area contributed by atoms with Crippen LogP contribution in [0.2, 0.25) is 0 Å². The molecule has 0 spiro atoms. The zero-order chi connectivity index (χ0) is 14.3. The fourth-order valence-corrected chi connectivity index (χ4v) is 1.98. The van der Waals surface area contributed by atoms with E-state index in [-0.39, 0.29) is 0 Å². The van der Waals surface area contributed by atoms with Gasteiger partial charge in [0.1, 0.15) is 17.2 Å². The van der Waals surface area contributed by atoms with Gasteiger partial charge in [-0.3, -0.25) is 4.79 Å². The molecule has 2 nitrogen and oxygen atoms in total. The summed E-state index contributed by atoms with van der Waals surface area (Å²) in [5.41, 5.74) is -0.493. The van der Waals surface area contributed by atoms with Crippen molar-refractivity contribution in [3.8, 4) is 0 Å². The molecule has 0 bridgehead atoms. The standard InChI is InChI=1S/C15H21F2NO/c1-3-5-7-11(4-2)10-18-15(19)14-12(16)8-6-9-13(14)17/h6,8-9,11H,3-5,7,10H2,1-2H3,(H,18,19)/t11-/m1/s1. The fourth-order valence-electron chi connectivity index (χ4n) is 1.98. The van der Waals surface area contributed by atoms with E-state index in [9.17, 15) is 13.6 Å². The molecule has 19 heavy (non-hydrogen) atoms. The van der Waals surface area contributed by atoms with Crippen LogP contribution in [0.3, 0.4) is 0 Å². The molecule has 1 N–H and O–H groups in total. The Labute approximate surface area is 113 Å². The van der Waals surface area contributed by atoms with Gasteiger partial charge in [0.05, 0.1) is 0 Å². The second kappa shape index (κ2) is 7.87. The average molecular weight is 269 g/mol. The van der Waals surface area contributed by atoms with Crippen LogP contribution < -0.4 is 5.32 Å². The number of rotatable bonds is 7. The molecule has 0 saturated carbocycles. The first-order chi connectivity index (χ1) is 9.10. The van der Waals surface area contributed by atoms with Gasteiger partial charge in [0.25, 0.3) is 5.91 Å². The second-order valence-electron chi connectivity index (χ2n) is 4.72. The lowest BCUT2D eigenvalue weighted by Gasteiger charge is -2.15. The molecule has 0 aliphatic carbocycles. The van der Waals surface area contributed by atoms with Crippen molar-refractivity contribution in [1.29, 1.82) is 0 Å². The summed E-state index contributed by atoms with van der Waals surface area (Å²) in [6, 6.07) is 3.43. The maximum Gasteiger partial charge on any atom is 0.257 e. The van der Waals surface area contributed by atoms with Crippen LogP contribution in [0.25, 0.3) is 0 Å². The first-order valence-electron chi connectivity index (χ1n) is 6.82. The van der Waals surface area contributed by atoms with Crippen LogP contribution >= 0.6 is 0 Å². The quantitative estimate of drug-likeness (QED) is 0.799. The normalized spacial score (nSPS) is 12.2. The van der Waals surface area contributed by atoms with Crippen LogP contribution in [0.5, 0.6) is 0 Å². The molecule has 106 valence electrons. The van der Waals surface area contributed by atoms with Crippen molar-refractivity contribution in [1.82, 2.24) is 5.32 Å². The van der Waals surface area contributed by atoms with E-state index in [1.807, 2.05) is 0 Å². The maximum absolute atomic E-state index is 13.4. The molecule has 0 aromatic heterocycles. The molecule has 4 heteroatoms. The number of benzene rings is 1. The first-order valence-corrected chi connectivity index (χ1v) is 6.82. The topological polar surface area (TPSA) is 29.1 Å². The molecule has 0 fully saturated rings. The van der Waals surface area contributed by atoms with Gasteiger partial charge in [-0.25, -0.2) is 8.78 Å². The highest BCUT2D eigenvalue weighted by molar-refractivity contribution is 5.94. The third-order valence-corrected chi connectivity index (χ3v) is 3.28. The lowest BCUT2D eigenvalue weighted by molar-refractivity contribution is 0.0937. The molecule has 0 unspecified atom stereocenters. The molecule has 0 aliphatic rings. The lowest BCUT2D eigenvalue weighted by Crippen LogP contribution is -2.30. The third-order valence-electron chi connectivity index (χ3n) is 3.28. The largest absolute Gasteiger partial charge is 0.352 e. The van der Waals surface area contributed by atoms with Gasteiger partial charge in [-0.05, 0) is 24.5 Å². The molecular weight excluding hydrogens is 248 g/mol. The van der Waals surface area contributed by atoms with E-state index in [0.717, 1.165) is 37.8 Å². The average Bonchev–Trinajstić information content (AvgIpc) is 2.38. The summed E-state index contributed by atoms with van der Waals surface area (Å²) in [4.78, 5) is 11.8. The van der Waals surface area contributed by atoms with E-state index < -0.39 is 23.1 Å². The van der Waals surface area contributed by atoms with Crippen LogP contribution in [0.1, 0.15) is 49.9 Å². The Morgan fingerprint density at radius 3 is 2.42 bits per heavy atom. The highest BCUT2D eigenvalue weighted by Crippen LogP contribution is 2.14. The van der Waals surface area contributed by atoms with Gasteiger partial charge in [0.15, 0.2) is 0 Å². The molecule has 1 aromatic rings. The number of amides is 1. The molecule has 1 amide bonds. The summed E-state index contributed by atoms with van der Waals surface area (Å²) in [6.07, 6.45) is 4.17. The molecule has 0 saturated heterocycles. The summed E-state index contributed by atoms with van der Waals surface area (Å²) >= 11 is 0. The highest BCUT2D eigenvalue weighted by Gasteiger charge is 2.17. The van der Waals surface area contributed by atoms with Gasteiger partial charge in [-0.1, -0.05) is 39.2 Å². The van der Waals surface area contributed by atoms with Gasteiger partial charge in [0.2, 0.25) is 0 Å². The van der Waals surface area contributed by atoms with Gasteiger partial charge in [-0.2, -0.15) is 0 Å². The molecule has 0 aliphatic heterocycles. The van der Waals surface area contributed by atoms with Crippen LogP contribution in [-0.4, -0.2) is 12.5 Å². The Kier molecular flexibility index (Phi) is 6.46. The minimum Gasteiger partial charge on any atom is -0.352 e. The van der Waals surface area contributed by atoms with Gasteiger partial charge >= 0.3 is 0 Å². The smallest absolute Gasteiger partial charge is 0.257 e. The number of hydrogen-bond donors (Lipinski definition) is 1. The monoisotopic (exact) mass is 269 g/mol. The van der Waals surface area contributed by atoms with Gasteiger partial charge in [-0.15, -0.1) is 0 Å². The molecule has 0 radical (unpaired) electrons. The summed E-state index contributed by atoms with van der Waals surface area (Å²) in [5.74, 6) is -1.96. The van der Waals surface area contributed by atoms with Crippen molar-refractivity contribution in [2.75, 3.05) is 6.54 Å². The van der Waals surface area contributed by atoms with Crippen LogP contribution in [-0.2, 0) is 0 Å². The number of carbonyl (C=O) groups is 1. The van der Waals surface area contributed by atoms with E-state index in [1.165, 1.54) is 6.07 Å². The van der Waals surface area contributed by atoms with Crippen LogP contribution in [0.4, 0.5) is 8.78 Å². The molecule has 1 aromatic carbocycles. The Hall–Kier alpha value is -1.45. The van der Waals surface area contributed by atoms with E-state index in [1.54, 1.807) is 0 Å². The van der Waals surface area contributed by atoms with Gasteiger partial charge in [0, 0.05) is 6.54 Å². The van der Waals surface area contributed by atoms with Gasteiger partial charge < -0.3 is 5.32 Å². The predicted molar refractivity (Wildman–Crippen MR) is 72.0 cm³/mol. The summed E-state index contributed by atoms with van der Waals surface area (Å²) < 4.78 is 26.8. The van der Waals surface area contributed by atoms with Crippen molar-refractivity contribution in [2.45, 2.75) is 39.5 Å². The minimum atomic E-state index is -0.820. The molecule has 0 heterocycles. The van der Waals surface area contributed by atoms with E-state index >= 15 is 0 Å². The SMILES string of the molecule is CCCC[C@@H](CC)CNC(=O)c1c(F)cccc1F. The minimum absolute atomic E-state index is 0.360. The lowest BCUT2D eigenvalue weighted by atomic mass is 9.99. The van der Waals surface area contributed by atoms with E-state index in [4.69, 9.17) is 0 Å². The van der Waals surface area contributed by atoms with Crippen molar-refractivity contribution in [3.63, 3.8) is 0 Å². The summed E-state index contributed by atoms with van der Waals surface area (Å²) in [5, 5.41) is 2.62. The van der Waals surface area contributed by atoms with E-state index in [0.29, 0.717) is 12.5 Å². The van der Waals surface area contributed by atoms with Crippen molar-refractivity contribution in [3.05, 3.63) is 35.4 Å². The first kappa shape index (κ1) is 15.6. The zero-order valence-electron chi connectivity index (χ0n) is 11.5. The molecular formula is C15H21F2NO. The Morgan fingerprint density at radius 1 is 1.26 bits per heavy atom. The Morgan fingerprint density at radius 2 is 1.89 bits per heavy atom. The van der Waals surface area contributed by atoms with Crippen molar-refractivity contribution >= 4 is 5.91 Å². The number of nitrogens with one attached hydrogen (secondary N) is 1. The molecule has 1 atom stereocenters.